The highest BCUT2D eigenvalue weighted by molar-refractivity contribution is 6.32. The minimum Gasteiger partial charge on any atom is -0.482 e. The third kappa shape index (κ3) is 4.33. The summed E-state index contributed by atoms with van der Waals surface area (Å²) in [6.45, 7) is 0.326. The van der Waals surface area contributed by atoms with Crippen molar-refractivity contribution in [2.45, 2.75) is 6.42 Å². The van der Waals surface area contributed by atoms with Crippen LogP contribution >= 0.6 is 11.6 Å². The molecule has 0 aliphatic heterocycles. The molecule has 0 heterocycles. The van der Waals surface area contributed by atoms with E-state index in [2.05, 4.69) is 0 Å². The Hall–Kier alpha value is -1.73. The number of para-hydroxylation sites is 1. The van der Waals surface area contributed by atoms with Crippen LogP contribution in [0.1, 0.15) is 6.42 Å². The van der Waals surface area contributed by atoms with Gasteiger partial charge in [-0.2, -0.15) is 5.26 Å². The highest BCUT2D eigenvalue weighted by Crippen LogP contribution is 2.22. The molecule has 5 heteroatoms. The molecule has 0 bridgehead atoms. The van der Waals surface area contributed by atoms with Gasteiger partial charge in [-0.1, -0.05) is 23.7 Å². The van der Waals surface area contributed by atoms with Crippen LogP contribution in [0.25, 0.3) is 0 Å². The van der Waals surface area contributed by atoms with Crippen molar-refractivity contribution in [3.8, 4) is 11.8 Å². The third-order valence-corrected chi connectivity index (χ3v) is 2.48. The average Bonchev–Trinajstić information content (AvgIpc) is 2.34. The average molecular weight is 253 g/mol. The van der Waals surface area contributed by atoms with Gasteiger partial charge in [0, 0.05) is 13.6 Å². The molecule has 90 valence electrons. The number of amides is 1. The minimum atomic E-state index is -0.180. The summed E-state index contributed by atoms with van der Waals surface area (Å²) >= 11 is 5.88. The van der Waals surface area contributed by atoms with Crippen LogP contribution < -0.4 is 4.74 Å². The van der Waals surface area contributed by atoms with Crippen molar-refractivity contribution in [2.24, 2.45) is 0 Å². The van der Waals surface area contributed by atoms with Crippen molar-refractivity contribution in [1.82, 2.24) is 4.90 Å². The Bertz CT molecular complexity index is 429. The van der Waals surface area contributed by atoms with Crippen LogP contribution in [0.3, 0.4) is 0 Å². The van der Waals surface area contributed by atoms with Gasteiger partial charge in [-0.3, -0.25) is 4.79 Å². The molecule has 0 aliphatic carbocycles. The van der Waals surface area contributed by atoms with Gasteiger partial charge in [-0.25, -0.2) is 0 Å². The number of nitrogens with zero attached hydrogens (tertiary/aromatic N) is 2. The number of hydrogen-bond acceptors (Lipinski definition) is 3. The van der Waals surface area contributed by atoms with Gasteiger partial charge >= 0.3 is 0 Å². The smallest absolute Gasteiger partial charge is 0.260 e. The fourth-order valence-corrected chi connectivity index (χ4v) is 1.34. The van der Waals surface area contributed by atoms with E-state index in [1.807, 2.05) is 6.07 Å². The fourth-order valence-electron chi connectivity index (χ4n) is 1.15. The number of nitriles is 1. The predicted octanol–water partition coefficient (Wildman–Crippen LogP) is 2.09. The van der Waals surface area contributed by atoms with E-state index in [0.717, 1.165) is 0 Å². The number of halogens is 1. The van der Waals surface area contributed by atoms with Gasteiger partial charge in [-0.05, 0) is 12.1 Å². The third-order valence-electron chi connectivity index (χ3n) is 2.17. The molecule has 0 radical (unpaired) electrons. The Morgan fingerprint density at radius 1 is 1.53 bits per heavy atom. The summed E-state index contributed by atoms with van der Waals surface area (Å²) < 4.78 is 5.29. The summed E-state index contributed by atoms with van der Waals surface area (Å²) in [5, 5.41) is 8.88. The van der Waals surface area contributed by atoms with Crippen LogP contribution in [0.4, 0.5) is 0 Å². The molecule has 0 fully saturated rings. The normalized spacial score (nSPS) is 9.47. The van der Waals surface area contributed by atoms with Gasteiger partial charge in [0.15, 0.2) is 6.61 Å². The van der Waals surface area contributed by atoms with Gasteiger partial charge in [0.25, 0.3) is 5.91 Å². The highest BCUT2D eigenvalue weighted by Gasteiger charge is 2.09. The second-order valence-electron chi connectivity index (χ2n) is 3.44. The quantitative estimate of drug-likeness (QED) is 0.806. The summed E-state index contributed by atoms with van der Waals surface area (Å²) in [5.41, 5.74) is 0. The van der Waals surface area contributed by atoms with Gasteiger partial charge in [0.1, 0.15) is 5.75 Å². The summed E-state index contributed by atoms with van der Waals surface area (Å²) in [4.78, 5) is 13.0. The molecule has 1 rings (SSSR count). The molecule has 1 aromatic rings. The largest absolute Gasteiger partial charge is 0.482 e. The Balaban J connectivity index is 2.43. The summed E-state index contributed by atoms with van der Waals surface area (Å²) in [7, 11) is 1.63. The van der Waals surface area contributed by atoms with E-state index in [9.17, 15) is 4.79 Å². The van der Waals surface area contributed by atoms with Crippen LogP contribution in [0.2, 0.25) is 5.02 Å². The minimum absolute atomic E-state index is 0.0777. The maximum Gasteiger partial charge on any atom is 0.260 e. The van der Waals surface area contributed by atoms with E-state index in [0.29, 0.717) is 23.7 Å². The number of carbonyl (C=O) groups excluding carboxylic acids is 1. The SMILES string of the molecule is CN(CCC#N)C(=O)COc1ccccc1Cl. The molecule has 1 amide bonds. The Morgan fingerprint density at radius 3 is 2.88 bits per heavy atom. The molecule has 4 nitrogen and oxygen atoms in total. The van der Waals surface area contributed by atoms with Crippen LogP contribution in [0.15, 0.2) is 24.3 Å². The first kappa shape index (κ1) is 13.3. The Kier molecular flexibility index (Phi) is 5.31. The topological polar surface area (TPSA) is 53.3 Å². The van der Waals surface area contributed by atoms with Crippen LogP contribution in [0, 0.1) is 11.3 Å². The molecule has 0 aliphatic rings. The number of likely N-dealkylation sites (N-methyl/N-ethyl adjacent to an activating group) is 1. The monoisotopic (exact) mass is 252 g/mol. The number of hydrogen-bond donors (Lipinski definition) is 0. The maximum absolute atomic E-state index is 11.6. The van der Waals surface area contributed by atoms with Gasteiger partial charge in [0.05, 0.1) is 17.5 Å². The van der Waals surface area contributed by atoms with Crippen molar-refractivity contribution in [2.75, 3.05) is 20.2 Å². The van der Waals surface area contributed by atoms with E-state index >= 15 is 0 Å². The van der Waals surface area contributed by atoms with Crippen LogP contribution in [-0.2, 0) is 4.79 Å². The summed E-state index contributed by atoms with van der Waals surface area (Å²) in [6.07, 6.45) is 0.314. The lowest BCUT2D eigenvalue weighted by atomic mass is 10.3. The highest BCUT2D eigenvalue weighted by atomic mass is 35.5. The molecule has 0 unspecified atom stereocenters. The lowest BCUT2D eigenvalue weighted by Gasteiger charge is -2.16. The lowest BCUT2D eigenvalue weighted by molar-refractivity contribution is -0.131. The molecule has 0 atom stereocenters. The molecular formula is C12H13ClN2O2. The first-order chi connectivity index (χ1) is 8.15. The molecule has 1 aromatic carbocycles. The molecule has 17 heavy (non-hydrogen) atoms. The van der Waals surface area contributed by atoms with Crippen LogP contribution in [0.5, 0.6) is 5.75 Å². The zero-order valence-corrected chi connectivity index (χ0v) is 10.3. The second-order valence-corrected chi connectivity index (χ2v) is 3.85. The molecule has 0 spiro atoms. The van der Waals surface area contributed by atoms with Crippen molar-refractivity contribution in [1.29, 1.82) is 5.26 Å². The van der Waals surface area contributed by atoms with E-state index in [-0.39, 0.29) is 12.5 Å². The van der Waals surface area contributed by atoms with Gasteiger partial charge in [0.2, 0.25) is 0 Å². The zero-order chi connectivity index (χ0) is 12.7. The molecular weight excluding hydrogens is 240 g/mol. The van der Waals surface area contributed by atoms with E-state index < -0.39 is 0 Å². The number of benzene rings is 1. The number of ether oxygens (including phenoxy) is 1. The number of rotatable bonds is 5. The molecule has 0 aromatic heterocycles. The Morgan fingerprint density at radius 2 is 2.24 bits per heavy atom. The summed E-state index contributed by atoms with van der Waals surface area (Å²) in [5.74, 6) is 0.302. The standard InChI is InChI=1S/C12H13ClN2O2/c1-15(8-4-7-14)12(16)9-17-11-6-3-2-5-10(11)13/h2-3,5-6H,4,8-9H2,1H3. The lowest BCUT2D eigenvalue weighted by Crippen LogP contribution is -2.32. The summed E-state index contributed by atoms with van der Waals surface area (Å²) in [6, 6.07) is 8.95. The molecule has 0 N–H and O–H groups in total. The second kappa shape index (κ2) is 6.77. The van der Waals surface area contributed by atoms with Crippen molar-refractivity contribution in [3.63, 3.8) is 0 Å². The first-order valence-corrected chi connectivity index (χ1v) is 5.51. The molecule has 0 saturated carbocycles. The van der Waals surface area contributed by atoms with E-state index in [1.54, 1.807) is 31.3 Å². The van der Waals surface area contributed by atoms with Crippen molar-refractivity contribution >= 4 is 17.5 Å². The van der Waals surface area contributed by atoms with Gasteiger partial charge < -0.3 is 9.64 Å². The maximum atomic E-state index is 11.6. The van der Waals surface area contributed by atoms with Crippen LogP contribution in [-0.4, -0.2) is 31.0 Å². The first-order valence-electron chi connectivity index (χ1n) is 5.13. The van der Waals surface area contributed by atoms with E-state index in [4.69, 9.17) is 21.6 Å². The molecule has 0 saturated heterocycles. The van der Waals surface area contributed by atoms with Crippen molar-refractivity contribution < 1.29 is 9.53 Å². The Labute approximate surface area is 105 Å². The predicted molar refractivity (Wildman–Crippen MR) is 64.8 cm³/mol. The zero-order valence-electron chi connectivity index (χ0n) is 9.52. The fraction of sp³-hybridized carbons (Fsp3) is 0.333. The van der Waals surface area contributed by atoms with Crippen molar-refractivity contribution in [3.05, 3.63) is 29.3 Å². The number of carbonyl (C=O) groups is 1. The van der Waals surface area contributed by atoms with E-state index in [1.165, 1.54) is 4.90 Å². The van der Waals surface area contributed by atoms with Gasteiger partial charge in [-0.15, -0.1) is 0 Å².